The van der Waals surface area contributed by atoms with Crippen LogP contribution in [0.4, 0.5) is 14.5 Å². The lowest BCUT2D eigenvalue weighted by Crippen LogP contribution is -2.49. The van der Waals surface area contributed by atoms with Gasteiger partial charge in [-0.15, -0.1) is 0 Å². The van der Waals surface area contributed by atoms with Crippen LogP contribution in [-0.2, 0) is 13.0 Å². The molecule has 0 amide bonds. The van der Waals surface area contributed by atoms with Crippen LogP contribution >= 0.6 is 0 Å². The van der Waals surface area contributed by atoms with Crippen molar-refractivity contribution in [2.75, 3.05) is 51.3 Å². The van der Waals surface area contributed by atoms with E-state index in [1.54, 1.807) is 0 Å². The zero-order valence-corrected chi connectivity index (χ0v) is 20.8. The molecule has 1 saturated heterocycles. The molecule has 2 atom stereocenters. The molecule has 1 unspecified atom stereocenters. The molecule has 3 N–H and O–H groups in total. The van der Waals surface area contributed by atoms with Crippen molar-refractivity contribution >= 4 is 16.6 Å². The topological polar surface area (TPSA) is 54.5 Å². The first-order chi connectivity index (χ1) is 16.9. The molecule has 1 aromatic heterocycles. The Kier molecular flexibility index (Phi) is 8.42. The van der Waals surface area contributed by atoms with Crippen LogP contribution in [0.1, 0.15) is 25.1 Å². The Morgan fingerprint density at radius 2 is 1.83 bits per heavy atom. The van der Waals surface area contributed by atoms with Crippen molar-refractivity contribution in [3.05, 3.63) is 65.9 Å². The lowest BCUT2D eigenvalue weighted by Gasteiger charge is -2.37. The van der Waals surface area contributed by atoms with Gasteiger partial charge in [0.15, 0.2) is 0 Å². The summed E-state index contributed by atoms with van der Waals surface area (Å²) in [5.41, 5.74) is 3.29. The van der Waals surface area contributed by atoms with Crippen LogP contribution in [0.25, 0.3) is 10.9 Å². The predicted octanol–water partition coefficient (Wildman–Crippen LogP) is 4.63. The van der Waals surface area contributed by atoms with E-state index in [1.165, 1.54) is 23.6 Å². The van der Waals surface area contributed by atoms with Crippen molar-refractivity contribution in [2.45, 2.75) is 38.5 Å². The molecular weight excluding hydrogens is 446 g/mol. The first kappa shape index (κ1) is 25.6. The number of fused-ring (bicyclic) bond motifs is 3. The number of aliphatic hydroxyl groups is 1. The highest BCUT2D eigenvalue weighted by Crippen LogP contribution is 2.31. The zero-order valence-electron chi connectivity index (χ0n) is 20.8. The average molecular weight is 485 g/mol. The standard InChI is InChI=1S/C16H21FN2O.C12H17FN2/c1-11-7-13-12-5-3-4-6-14(12)18-15(13)8-19(11)9-16(2,17)10-20;13-8-11-9-15(10-11)7-6-14-12-4-2-1-3-5-12/h3-6,11,18,20H,7-10H2,1-2H3;1-5,11,14H,6-10H2/t11-,16?;/m1./s1. The largest absolute Gasteiger partial charge is 0.393 e. The summed E-state index contributed by atoms with van der Waals surface area (Å²) in [5.74, 6) is 0.293. The normalized spacial score (nSPS) is 20.4. The minimum atomic E-state index is -1.54. The van der Waals surface area contributed by atoms with E-state index in [4.69, 9.17) is 5.11 Å². The SMILES string of the molecule is C[C@@H]1Cc2c([nH]c3ccccc23)CN1CC(C)(F)CO.FCC1CN(CCNc2ccccc2)C1. The number of halogens is 2. The number of likely N-dealkylation sites (tertiary alicyclic amines) is 1. The van der Waals surface area contributed by atoms with Gasteiger partial charge in [0, 0.05) is 73.5 Å². The van der Waals surface area contributed by atoms with E-state index >= 15 is 0 Å². The number of anilines is 1. The fraction of sp³-hybridized carbons (Fsp3) is 0.500. The van der Waals surface area contributed by atoms with Gasteiger partial charge in [-0.3, -0.25) is 9.29 Å². The molecule has 5 rings (SSSR count). The van der Waals surface area contributed by atoms with Gasteiger partial charge in [0.25, 0.3) is 0 Å². The molecule has 0 radical (unpaired) electrons. The first-order valence-electron chi connectivity index (χ1n) is 12.6. The Hall–Kier alpha value is -2.48. The summed E-state index contributed by atoms with van der Waals surface area (Å²) in [7, 11) is 0. The van der Waals surface area contributed by atoms with Crippen LogP contribution in [0.2, 0.25) is 0 Å². The number of rotatable bonds is 8. The van der Waals surface area contributed by atoms with Gasteiger partial charge < -0.3 is 20.3 Å². The molecule has 1 fully saturated rings. The van der Waals surface area contributed by atoms with Crippen LogP contribution in [0, 0.1) is 5.92 Å². The Morgan fingerprint density at radius 3 is 2.54 bits per heavy atom. The van der Waals surface area contributed by atoms with Gasteiger partial charge in [-0.2, -0.15) is 0 Å². The highest BCUT2D eigenvalue weighted by Gasteiger charge is 2.32. The quantitative estimate of drug-likeness (QED) is 0.436. The monoisotopic (exact) mass is 484 g/mol. The minimum absolute atomic E-state index is 0.164. The highest BCUT2D eigenvalue weighted by molar-refractivity contribution is 5.84. The number of hydrogen-bond donors (Lipinski definition) is 3. The van der Waals surface area contributed by atoms with Crippen LogP contribution in [-0.4, -0.2) is 77.6 Å². The maximum Gasteiger partial charge on any atom is 0.143 e. The zero-order chi connectivity index (χ0) is 24.8. The summed E-state index contributed by atoms with van der Waals surface area (Å²) >= 11 is 0. The molecule has 2 aliphatic heterocycles. The number of aliphatic hydroxyl groups excluding tert-OH is 1. The van der Waals surface area contributed by atoms with Crippen molar-refractivity contribution in [3.8, 4) is 0 Å². The molecule has 0 spiro atoms. The van der Waals surface area contributed by atoms with Crippen LogP contribution < -0.4 is 5.32 Å². The smallest absolute Gasteiger partial charge is 0.143 e. The molecule has 7 heteroatoms. The van der Waals surface area contributed by atoms with Gasteiger partial charge in [-0.25, -0.2) is 4.39 Å². The molecule has 3 aromatic rings. The molecule has 2 aromatic carbocycles. The third kappa shape index (κ3) is 6.60. The molecule has 5 nitrogen and oxygen atoms in total. The fourth-order valence-corrected chi connectivity index (χ4v) is 4.96. The first-order valence-corrected chi connectivity index (χ1v) is 12.6. The van der Waals surface area contributed by atoms with Gasteiger partial charge in [0.2, 0.25) is 0 Å². The number of nitrogens with zero attached hydrogens (tertiary/aromatic N) is 2. The number of nitrogens with one attached hydrogen (secondary N) is 2. The lowest BCUT2D eigenvalue weighted by atomic mass is 9.96. The number of hydrogen-bond acceptors (Lipinski definition) is 4. The summed E-state index contributed by atoms with van der Waals surface area (Å²) in [6, 6.07) is 18.7. The molecule has 0 bridgehead atoms. The van der Waals surface area contributed by atoms with Crippen molar-refractivity contribution < 1.29 is 13.9 Å². The summed E-state index contributed by atoms with van der Waals surface area (Å²) in [6.45, 7) is 7.75. The predicted molar refractivity (Wildman–Crippen MR) is 139 cm³/mol. The van der Waals surface area contributed by atoms with Gasteiger partial charge >= 0.3 is 0 Å². The highest BCUT2D eigenvalue weighted by atomic mass is 19.1. The molecule has 35 heavy (non-hydrogen) atoms. The summed E-state index contributed by atoms with van der Waals surface area (Å²) < 4.78 is 26.2. The van der Waals surface area contributed by atoms with Gasteiger partial charge in [-0.1, -0.05) is 36.4 Å². The molecular formula is C28H38F2N4O. The van der Waals surface area contributed by atoms with Gasteiger partial charge in [-0.05, 0) is 44.0 Å². The maximum absolute atomic E-state index is 14.1. The van der Waals surface area contributed by atoms with Crippen molar-refractivity contribution in [2.24, 2.45) is 5.92 Å². The summed E-state index contributed by atoms with van der Waals surface area (Å²) in [5, 5.41) is 13.7. The lowest BCUT2D eigenvalue weighted by molar-refractivity contribution is 0.0277. The van der Waals surface area contributed by atoms with Crippen molar-refractivity contribution in [1.82, 2.24) is 14.8 Å². The van der Waals surface area contributed by atoms with E-state index in [0.717, 1.165) is 43.8 Å². The Balaban J connectivity index is 0.000000172. The van der Waals surface area contributed by atoms with E-state index in [2.05, 4.69) is 57.4 Å². The third-order valence-corrected chi connectivity index (χ3v) is 7.03. The maximum atomic E-state index is 14.1. The minimum Gasteiger partial charge on any atom is -0.393 e. The van der Waals surface area contributed by atoms with Crippen molar-refractivity contribution in [3.63, 3.8) is 0 Å². The Morgan fingerprint density at radius 1 is 1.11 bits per heavy atom. The van der Waals surface area contributed by atoms with Crippen LogP contribution in [0.5, 0.6) is 0 Å². The molecule has 0 saturated carbocycles. The van der Waals surface area contributed by atoms with E-state index in [-0.39, 0.29) is 19.3 Å². The van der Waals surface area contributed by atoms with Crippen LogP contribution in [0.15, 0.2) is 54.6 Å². The molecule has 2 aliphatic rings. The summed E-state index contributed by atoms with van der Waals surface area (Å²) in [4.78, 5) is 7.83. The Bertz CT molecular complexity index is 1070. The second-order valence-electron chi connectivity index (χ2n) is 10.2. The average Bonchev–Trinajstić information content (AvgIpc) is 3.19. The van der Waals surface area contributed by atoms with E-state index < -0.39 is 12.3 Å². The number of aromatic nitrogens is 1. The molecule has 0 aliphatic carbocycles. The van der Waals surface area contributed by atoms with Crippen LogP contribution in [0.3, 0.4) is 0 Å². The third-order valence-electron chi connectivity index (χ3n) is 7.03. The number of para-hydroxylation sites is 2. The Labute approximate surface area is 207 Å². The number of aromatic amines is 1. The van der Waals surface area contributed by atoms with Gasteiger partial charge in [0.1, 0.15) is 5.67 Å². The molecule has 190 valence electrons. The fourth-order valence-electron chi connectivity index (χ4n) is 4.96. The van der Waals surface area contributed by atoms with Gasteiger partial charge in [0.05, 0.1) is 13.3 Å². The molecule has 3 heterocycles. The number of H-pyrrole nitrogens is 1. The number of benzene rings is 2. The van der Waals surface area contributed by atoms with E-state index in [0.29, 0.717) is 12.5 Å². The van der Waals surface area contributed by atoms with Crippen molar-refractivity contribution in [1.29, 1.82) is 0 Å². The second kappa shape index (κ2) is 11.5. The van der Waals surface area contributed by atoms with E-state index in [9.17, 15) is 8.78 Å². The second-order valence-corrected chi connectivity index (χ2v) is 10.2. The summed E-state index contributed by atoms with van der Waals surface area (Å²) in [6.07, 6.45) is 0.918. The number of alkyl halides is 2. The van der Waals surface area contributed by atoms with E-state index in [1.807, 2.05) is 24.3 Å².